The molecule has 0 radical (unpaired) electrons. The number of nitrogens with one attached hydrogen (secondary N) is 2. The average molecular weight is 384 g/mol. The summed E-state index contributed by atoms with van der Waals surface area (Å²) >= 11 is 6.25. The fourth-order valence-electron chi connectivity index (χ4n) is 3.02. The van der Waals surface area contributed by atoms with Gasteiger partial charge in [0.1, 0.15) is 5.69 Å². The Morgan fingerprint density at radius 2 is 1.81 bits per heavy atom. The van der Waals surface area contributed by atoms with Crippen LogP contribution in [0.4, 0.5) is 0 Å². The van der Waals surface area contributed by atoms with Gasteiger partial charge in [-0.05, 0) is 49.9 Å². The number of carbonyl (C=O) groups is 1. The topological polar surface area (TPSA) is 70.9 Å². The highest BCUT2D eigenvalue weighted by molar-refractivity contribution is 6.21. The van der Waals surface area contributed by atoms with Crippen molar-refractivity contribution >= 4 is 28.4 Å². The number of aromatic nitrogens is 1. The Hall–Kier alpha value is -2.30. The third-order valence-electron chi connectivity index (χ3n) is 4.67. The molecule has 3 aromatic rings. The fourth-order valence-corrected chi connectivity index (χ4v) is 3.22. The SMILES string of the molecule is Cc1ccc(-c2ccc3cc(C(=O)NC[C@@H](Cl)CCC(C)N)[nH]c3c2)cc1. The van der Waals surface area contributed by atoms with Crippen LogP contribution in [-0.2, 0) is 0 Å². The maximum Gasteiger partial charge on any atom is 0.267 e. The van der Waals surface area contributed by atoms with Crippen LogP contribution in [-0.4, -0.2) is 28.9 Å². The molecule has 5 heteroatoms. The third kappa shape index (κ3) is 5.12. The molecule has 0 bridgehead atoms. The van der Waals surface area contributed by atoms with Crippen molar-refractivity contribution in [2.24, 2.45) is 5.73 Å². The molecule has 2 aromatic carbocycles. The number of rotatable bonds is 7. The summed E-state index contributed by atoms with van der Waals surface area (Å²) in [6.07, 6.45) is 1.63. The zero-order valence-corrected chi connectivity index (χ0v) is 16.5. The lowest BCUT2D eigenvalue weighted by atomic mass is 10.0. The predicted molar refractivity (Wildman–Crippen MR) is 113 cm³/mol. The molecule has 27 heavy (non-hydrogen) atoms. The number of hydrogen-bond acceptors (Lipinski definition) is 2. The summed E-state index contributed by atoms with van der Waals surface area (Å²) < 4.78 is 0. The number of carbonyl (C=O) groups excluding carboxylic acids is 1. The van der Waals surface area contributed by atoms with E-state index in [1.54, 1.807) is 0 Å². The van der Waals surface area contributed by atoms with Gasteiger partial charge in [-0.1, -0.05) is 42.0 Å². The van der Waals surface area contributed by atoms with Crippen molar-refractivity contribution in [3.05, 3.63) is 59.8 Å². The van der Waals surface area contributed by atoms with E-state index in [1.165, 1.54) is 5.56 Å². The molecule has 0 fully saturated rings. The van der Waals surface area contributed by atoms with Gasteiger partial charge in [-0.15, -0.1) is 11.6 Å². The van der Waals surface area contributed by atoms with E-state index in [0.29, 0.717) is 12.2 Å². The first-order valence-electron chi connectivity index (χ1n) is 9.30. The zero-order chi connectivity index (χ0) is 19.4. The Balaban J connectivity index is 1.69. The molecule has 142 valence electrons. The zero-order valence-electron chi connectivity index (χ0n) is 15.8. The van der Waals surface area contributed by atoms with Crippen LogP contribution >= 0.6 is 11.6 Å². The van der Waals surface area contributed by atoms with E-state index in [4.69, 9.17) is 17.3 Å². The molecule has 1 aromatic heterocycles. The van der Waals surface area contributed by atoms with Crippen molar-refractivity contribution in [2.75, 3.05) is 6.54 Å². The molecule has 0 aliphatic rings. The van der Waals surface area contributed by atoms with Gasteiger partial charge in [-0.3, -0.25) is 4.79 Å². The molecule has 0 aliphatic carbocycles. The quantitative estimate of drug-likeness (QED) is 0.521. The number of H-pyrrole nitrogens is 1. The Morgan fingerprint density at radius 3 is 2.52 bits per heavy atom. The lowest BCUT2D eigenvalue weighted by molar-refractivity contribution is 0.0949. The van der Waals surface area contributed by atoms with Gasteiger partial charge >= 0.3 is 0 Å². The molecule has 1 amide bonds. The molecule has 0 saturated heterocycles. The first-order valence-corrected chi connectivity index (χ1v) is 9.73. The van der Waals surface area contributed by atoms with Crippen molar-refractivity contribution in [3.8, 4) is 11.1 Å². The Bertz CT molecular complexity index is 915. The van der Waals surface area contributed by atoms with E-state index < -0.39 is 0 Å². The summed E-state index contributed by atoms with van der Waals surface area (Å²) in [7, 11) is 0. The van der Waals surface area contributed by atoms with Gasteiger partial charge in [0, 0.05) is 23.5 Å². The predicted octanol–water partition coefficient (Wildman–Crippen LogP) is 4.61. The molecule has 2 atom stereocenters. The van der Waals surface area contributed by atoms with Crippen LogP contribution in [0.2, 0.25) is 0 Å². The fraction of sp³-hybridized carbons (Fsp3) is 0.318. The lowest BCUT2D eigenvalue weighted by Crippen LogP contribution is -2.30. The standard InChI is InChI=1S/C22H26ClN3O/c1-14-3-6-16(7-4-14)17-8-9-18-12-21(26-20(18)11-17)22(27)25-13-19(23)10-5-15(2)24/h3-4,6-9,11-12,15,19,26H,5,10,13,24H2,1-2H3,(H,25,27)/t15?,19-/m0/s1. The van der Waals surface area contributed by atoms with Crippen LogP contribution in [0.3, 0.4) is 0 Å². The molecule has 3 rings (SSSR count). The maximum absolute atomic E-state index is 12.4. The van der Waals surface area contributed by atoms with Gasteiger partial charge in [0.05, 0.1) is 5.38 Å². The maximum atomic E-state index is 12.4. The minimum absolute atomic E-state index is 0.113. The van der Waals surface area contributed by atoms with Crippen LogP contribution in [0.5, 0.6) is 0 Å². The van der Waals surface area contributed by atoms with Gasteiger partial charge in [0.25, 0.3) is 5.91 Å². The number of benzene rings is 2. The minimum Gasteiger partial charge on any atom is -0.351 e. The third-order valence-corrected chi connectivity index (χ3v) is 5.04. The van der Waals surface area contributed by atoms with Crippen molar-refractivity contribution in [1.82, 2.24) is 10.3 Å². The number of amides is 1. The number of alkyl halides is 1. The van der Waals surface area contributed by atoms with Gasteiger partial charge < -0.3 is 16.0 Å². The van der Waals surface area contributed by atoms with E-state index in [-0.39, 0.29) is 17.3 Å². The summed E-state index contributed by atoms with van der Waals surface area (Å²) in [6, 6.07) is 16.6. The van der Waals surface area contributed by atoms with Gasteiger partial charge in [0.2, 0.25) is 0 Å². The lowest BCUT2D eigenvalue weighted by Gasteiger charge is -2.11. The largest absolute Gasteiger partial charge is 0.351 e. The number of halogens is 1. The number of nitrogens with two attached hydrogens (primary N) is 1. The van der Waals surface area contributed by atoms with Crippen molar-refractivity contribution in [1.29, 1.82) is 0 Å². The molecule has 4 nitrogen and oxygen atoms in total. The van der Waals surface area contributed by atoms with Gasteiger partial charge in [0.15, 0.2) is 0 Å². The van der Waals surface area contributed by atoms with Crippen LogP contribution in [0.1, 0.15) is 35.8 Å². The number of fused-ring (bicyclic) bond motifs is 1. The highest BCUT2D eigenvalue weighted by Gasteiger charge is 2.13. The normalized spacial score (nSPS) is 13.5. The molecular formula is C22H26ClN3O. The van der Waals surface area contributed by atoms with Gasteiger partial charge in [-0.2, -0.15) is 0 Å². The molecule has 0 saturated carbocycles. The van der Waals surface area contributed by atoms with Crippen LogP contribution < -0.4 is 11.1 Å². The van der Waals surface area contributed by atoms with Crippen LogP contribution in [0.25, 0.3) is 22.0 Å². The number of aryl methyl sites for hydroxylation is 1. The highest BCUT2D eigenvalue weighted by atomic mass is 35.5. The van der Waals surface area contributed by atoms with E-state index in [0.717, 1.165) is 34.9 Å². The van der Waals surface area contributed by atoms with Gasteiger partial charge in [-0.25, -0.2) is 0 Å². The molecule has 4 N–H and O–H groups in total. The molecule has 1 heterocycles. The summed E-state index contributed by atoms with van der Waals surface area (Å²) in [5.41, 5.74) is 10.7. The summed E-state index contributed by atoms with van der Waals surface area (Å²) in [4.78, 5) is 15.6. The van der Waals surface area contributed by atoms with Crippen molar-refractivity contribution in [3.63, 3.8) is 0 Å². The molecule has 1 unspecified atom stereocenters. The Labute approximate surface area is 165 Å². The second kappa shape index (κ2) is 8.59. The first kappa shape index (κ1) is 19.5. The van der Waals surface area contributed by atoms with E-state index in [9.17, 15) is 4.79 Å². The number of aromatic amines is 1. The summed E-state index contributed by atoms with van der Waals surface area (Å²) in [6.45, 7) is 4.46. The van der Waals surface area contributed by atoms with E-state index in [2.05, 4.69) is 53.6 Å². The van der Waals surface area contributed by atoms with E-state index in [1.807, 2.05) is 19.1 Å². The Morgan fingerprint density at radius 1 is 1.11 bits per heavy atom. The smallest absolute Gasteiger partial charge is 0.267 e. The summed E-state index contributed by atoms with van der Waals surface area (Å²) in [5, 5.41) is 3.79. The van der Waals surface area contributed by atoms with Crippen molar-refractivity contribution in [2.45, 2.75) is 38.1 Å². The highest BCUT2D eigenvalue weighted by Crippen LogP contribution is 2.25. The second-order valence-corrected chi connectivity index (χ2v) is 7.83. The number of hydrogen-bond donors (Lipinski definition) is 3. The average Bonchev–Trinajstić information content (AvgIpc) is 3.08. The molecular weight excluding hydrogens is 358 g/mol. The van der Waals surface area contributed by atoms with Crippen molar-refractivity contribution < 1.29 is 4.79 Å². The van der Waals surface area contributed by atoms with E-state index >= 15 is 0 Å². The molecule has 0 aliphatic heterocycles. The molecule has 0 spiro atoms. The van der Waals surface area contributed by atoms with Crippen LogP contribution in [0, 0.1) is 6.92 Å². The second-order valence-electron chi connectivity index (χ2n) is 7.21. The summed E-state index contributed by atoms with van der Waals surface area (Å²) in [5.74, 6) is -0.144. The minimum atomic E-state index is -0.144. The van der Waals surface area contributed by atoms with Crippen LogP contribution in [0.15, 0.2) is 48.5 Å². The monoisotopic (exact) mass is 383 g/mol. The Kier molecular flexibility index (Phi) is 6.19. The first-order chi connectivity index (χ1) is 12.9.